The predicted molar refractivity (Wildman–Crippen MR) is 152 cm³/mol. The van der Waals surface area contributed by atoms with E-state index in [-0.39, 0.29) is 24.5 Å². The molecular formula is C30H27N5O4S. The minimum absolute atomic E-state index is 0.107. The van der Waals surface area contributed by atoms with E-state index >= 15 is 0 Å². The number of rotatable bonds is 9. The number of carboxylic acids is 1. The van der Waals surface area contributed by atoms with E-state index in [1.54, 1.807) is 30.5 Å². The largest absolute Gasteiger partial charge is 0.477 e. The molecule has 0 radical (unpaired) electrons. The molecule has 0 amide bonds. The van der Waals surface area contributed by atoms with Gasteiger partial charge in [0.05, 0.1) is 22.7 Å². The van der Waals surface area contributed by atoms with Crippen molar-refractivity contribution in [3.8, 4) is 22.5 Å². The van der Waals surface area contributed by atoms with Gasteiger partial charge in [0.1, 0.15) is 5.69 Å². The van der Waals surface area contributed by atoms with Crippen molar-refractivity contribution >= 4 is 26.9 Å². The van der Waals surface area contributed by atoms with E-state index in [2.05, 4.69) is 14.7 Å². The normalized spacial score (nSPS) is 12.7. The van der Waals surface area contributed by atoms with Crippen LogP contribution >= 0.6 is 0 Å². The SMILES string of the molecule is O=C(O)c1c2c(nn1CCCNS(=O)(=O)Cc1ccccc1)-c1cc(-c3cnc4ccccc4c3)ncc1CC2. The Hall–Kier alpha value is -4.41. The summed E-state index contributed by atoms with van der Waals surface area (Å²) in [6, 6.07) is 20.8. The topological polar surface area (TPSA) is 127 Å². The molecule has 5 aromatic rings. The summed E-state index contributed by atoms with van der Waals surface area (Å²) in [5.74, 6) is -1.15. The van der Waals surface area contributed by atoms with Crippen LogP contribution in [0, 0.1) is 0 Å². The molecule has 2 aromatic carbocycles. The van der Waals surface area contributed by atoms with Crippen molar-refractivity contribution in [1.29, 1.82) is 0 Å². The summed E-state index contributed by atoms with van der Waals surface area (Å²) in [6.45, 7) is 0.447. The maximum absolute atomic E-state index is 12.5. The third-order valence-corrected chi connectivity index (χ3v) is 8.45. The Kier molecular flexibility index (Phi) is 6.87. The van der Waals surface area contributed by atoms with E-state index in [0.717, 1.165) is 33.3 Å². The van der Waals surface area contributed by atoms with Crippen LogP contribution in [-0.2, 0) is 35.2 Å². The fraction of sp³-hybridized carbons (Fsp3) is 0.200. The van der Waals surface area contributed by atoms with Crippen molar-refractivity contribution in [3.05, 3.63) is 102 Å². The highest BCUT2D eigenvalue weighted by atomic mass is 32.2. The minimum Gasteiger partial charge on any atom is -0.477 e. The lowest BCUT2D eigenvalue weighted by Gasteiger charge is -2.16. The van der Waals surface area contributed by atoms with Crippen molar-refractivity contribution in [2.45, 2.75) is 31.6 Å². The molecule has 40 heavy (non-hydrogen) atoms. The fourth-order valence-electron chi connectivity index (χ4n) is 5.19. The van der Waals surface area contributed by atoms with E-state index in [9.17, 15) is 18.3 Å². The molecule has 3 aromatic heterocycles. The van der Waals surface area contributed by atoms with Crippen LogP contribution in [-0.4, -0.2) is 45.8 Å². The van der Waals surface area contributed by atoms with Crippen LogP contribution in [0.4, 0.5) is 0 Å². The number of fused-ring (bicyclic) bond motifs is 4. The quantitative estimate of drug-likeness (QED) is 0.258. The van der Waals surface area contributed by atoms with Gasteiger partial charge < -0.3 is 5.11 Å². The first-order valence-electron chi connectivity index (χ1n) is 13.1. The molecule has 0 unspecified atom stereocenters. The van der Waals surface area contributed by atoms with E-state index in [1.807, 2.05) is 48.7 Å². The lowest BCUT2D eigenvalue weighted by molar-refractivity contribution is 0.0681. The summed E-state index contributed by atoms with van der Waals surface area (Å²) in [6.07, 6.45) is 5.24. The molecule has 0 spiro atoms. The average Bonchev–Trinajstić information content (AvgIpc) is 3.34. The summed E-state index contributed by atoms with van der Waals surface area (Å²) in [4.78, 5) is 21.5. The van der Waals surface area contributed by atoms with Gasteiger partial charge in [-0.05, 0) is 48.6 Å². The van der Waals surface area contributed by atoms with Crippen LogP contribution < -0.4 is 4.72 Å². The van der Waals surface area contributed by atoms with Crippen molar-refractivity contribution in [3.63, 3.8) is 0 Å². The molecule has 6 rings (SSSR count). The molecule has 2 N–H and O–H groups in total. The lowest BCUT2D eigenvalue weighted by Crippen LogP contribution is -2.27. The number of hydrogen-bond acceptors (Lipinski definition) is 6. The summed E-state index contributed by atoms with van der Waals surface area (Å²) in [5.41, 5.74) is 6.58. The highest BCUT2D eigenvalue weighted by Gasteiger charge is 2.28. The maximum atomic E-state index is 12.5. The summed E-state index contributed by atoms with van der Waals surface area (Å²) in [7, 11) is -3.51. The van der Waals surface area contributed by atoms with Crippen molar-refractivity contribution in [2.75, 3.05) is 6.54 Å². The van der Waals surface area contributed by atoms with Gasteiger partial charge in [0.15, 0.2) is 0 Å². The molecule has 0 bridgehead atoms. The maximum Gasteiger partial charge on any atom is 0.354 e. The zero-order valence-corrected chi connectivity index (χ0v) is 22.4. The Bertz CT molecular complexity index is 1830. The second kappa shape index (κ2) is 10.6. The zero-order chi connectivity index (χ0) is 27.7. The monoisotopic (exact) mass is 553 g/mol. The molecule has 0 aliphatic heterocycles. The number of sulfonamides is 1. The molecule has 1 aliphatic carbocycles. The van der Waals surface area contributed by atoms with Gasteiger partial charge in [0, 0.05) is 47.6 Å². The number of nitrogens with zero attached hydrogens (tertiary/aromatic N) is 4. The van der Waals surface area contributed by atoms with E-state index < -0.39 is 16.0 Å². The standard InChI is InChI=1S/C30H27N5O4S/c36-30(37)29-24-12-11-22-17-32-27(23-15-21-9-4-5-10-26(21)31-18-23)16-25(22)28(24)34-35(29)14-6-13-33-40(38,39)19-20-7-2-1-3-8-20/h1-5,7-10,15-18,33H,6,11-14,19H2,(H,36,37). The van der Waals surface area contributed by atoms with Crippen LogP contribution in [0.5, 0.6) is 0 Å². The second-order valence-electron chi connectivity index (χ2n) is 9.84. The van der Waals surface area contributed by atoms with Crippen LogP contribution in [0.1, 0.15) is 33.6 Å². The third-order valence-electron chi connectivity index (χ3n) is 7.09. The van der Waals surface area contributed by atoms with Crippen molar-refractivity contribution in [1.82, 2.24) is 24.5 Å². The molecule has 0 atom stereocenters. The molecular weight excluding hydrogens is 526 g/mol. The van der Waals surface area contributed by atoms with Crippen molar-refractivity contribution in [2.24, 2.45) is 0 Å². The molecule has 202 valence electrons. The number of benzene rings is 2. The lowest BCUT2D eigenvalue weighted by atomic mass is 9.89. The minimum atomic E-state index is -3.51. The van der Waals surface area contributed by atoms with Gasteiger partial charge in [-0.15, -0.1) is 0 Å². The van der Waals surface area contributed by atoms with Gasteiger partial charge in [-0.25, -0.2) is 17.9 Å². The highest BCUT2D eigenvalue weighted by molar-refractivity contribution is 7.88. The van der Waals surface area contributed by atoms with Crippen LogP contribution in [0.3, 0.4) is 0 Å². The fourth-order valence-corrected chi connectivity index (χ4v) is 6.38. The Morgan fingerprint density at radius 2 is 1.77 bits per heavy atom. The predicted octanol–water partition coefficient (Wildman–Crippen LogP) is 4.47. The first-order chi connectivity index (χ1) is 19.4. The van der Waals surface area contributed by atoms with E-state index in [0.29, 0.717) is 36.1 Å². The van der Waals surface area contributed by atoms with Gasteiger partial charge in [-0.2, -0.15) is 5.10 Å². The summed E-state index contributed by atoms with van der Waals surface area (Å²) in [5, 5.41) is 15.8. The Morgan fingerprint density at radius 3 is 2.60 bits per heavy atom. The first-order valence-corrected chi connectivity index (χ1v) is 14.7. The molecule has 0 saturated heterocycles. The average molecular weight is 554 g/mol. The number of aromatic nitrogens is 4. The number of hydrogen-bond donors (Lipinski definition) is 2. The Balaban J connectivity index is 1.23. The molecule has 1 aliphatic rings. The van der Waals surface area contributed by atoms with Crippen molar-refractivity contribution < 1.29 is 18.3 Å². The first kappa shape index (κ1) is 25.8. The summed E-state index contributed by atoms with van der Waals surface area (Å²) >= 11 is 0. The number of aromatic carboxylic acids is 1. The van der Waals surface area contributed by atoms with Gasteiger partial charge >= 0.3 is 5.97 Å². The number of nitrogens with one attached hydrogen (secondary N) is 1. The highest BCUT2D eigenvalue weighted by Crippen LogP contribution is 2.36. The van der Waals surface area contributed by atoms with Crippen LogP contribution in [0.25, 0.3) is 33.4 Å². The van der Waals surface area contributed by atoms with Gasteiger partial charge in [-0.3, -0.25) is 14.6 Å². The number of carbonyl (C=O) groups is 1. The Morgan fingerprint density at radius 1 is 0.975 bits per heavy atom. The van der Waals surface area contributed by atoms with E-state index in [4.69, 9.17) is 5.10 Å². The number of aryl methyl sites for hydroxylation is 2. The third kappa shape index (κ3) is 5.23. The van der Waals surface area contributed by atoms with Gasteiger partial charge in [0.25, 0.3) is 0 Å². The Labute approximate surface area is 231 Å². The molecule has 0 fully saturated rings. The molecule has 10 heteroatoms. The number of para-hydroxylation sites is 1. The molecule has 9 nitrogen and oxygen atoms in total. The molecule has 0 saturated carbocycles. The zero-order valence-electron chi connectivity index (χ0n) is 21.6. The number of carboxylic acid groups (broad SMARTS) is 1. The summed E-state index contributed by atoms with van der Waals surface area (Å²) < 4.78 is 29.0. The van der Waals surface area contributed by atoms with Gasteiger partial charge in [-0.1, -0.05) is 48.5 Å². The smallest absolute Gasteiger partial charge is 0.354 e. The van der Waals surface area contributed by atoms with E-state index in [1.165, 1.54) is 4.68 Å². The van der Waals surface area contributed by atoms with Crippen LogP contribution in [0.15, 0.2) is 79.1 Å². The number of pyridine rings is 2. The molecule has 3 heterocycles. The van der Waals surface area contributed by atoms with Gasteiger partial charge in [0.2, 0.25) is 10.0 Å². The van der Waals surface area contributed by atoms with Crippen LogP contribution in [0.2, 0.25) is 0 Å². The second-order valence-corrected chi connectivity index (χ2v) is 11.6.